The predicted molar refractivity (Wildman–Crippen MR) is 38.0 cm³/mol. The van der Waals surface area contributed by atoms with Crippen LogP contribution in [0.5, 0.6) is 0 Å². The third kappa shape index (κ3) is 1.37. The van der Waals surface area contributed by atoms with Gasteiger partial charge in [0.15, 0.2) is 0 Å². The summed E-state index contributed by atoms with van der Waals surface area (Å²) in [6.07, 6.45) is 1.09. The maximum atomic E-state index is 10.2. The molecule has 6 nitrogen and oxygen atoms in total. The molecule has 1 aliphatic rings. The lowest BCUT2D eigenvalue weighted by molar-refractivity contribution is -0.608. The Balaban J connectivity index is 3.00. The molecule has 0 fully saturated rings. The molecule has 0 heterocycles. The van der Waals surface area contributed by atoms with Crippen LogP contribution >= 0.6 is 0 Å². The molecule has 0 amide bonds. The van der Waals surface area contributed by atoms with Crippen molar-refractivity contribution in [2.45, 2.75) is 12.1 Å². The molecule has 0 saturated carbocycles. The minimum absolute atomic E-state index is 0.422. The molecule has 1 aliphatic carbocycles. The number of aliphatic hydroxyl groups excluding tert-OH is 2. The van der Waals surface area contributed by atoms with Crippen molar-refractivity contribution >= 4 is 0 Å². The Hall–Kier alpha value is -1.56. The van der Waals surface area contributed by atoms with Crippen molar-refractivity contribution in [2.24, 2.45) is 0 Å². The van der Waals surface area contributed by atoms with Crippen LogP contribution in [0.4, 0.5) is 0 Å². The predicted octanol–water partition coefficient (Wildman–Crippen LogP) is 0.239. The zero-order valence-corrected chi connectivity index (χ0v) is 5.97. The van der Waals surface area contributed by atoms with Gasteiger partial charge in [0.05, 0.1) is 11.0 Å². The van der Waals surface area contributed by atoms with Crippen molar-refractivity contribution < 1.29 is 20.2 Å². The molecule has 0 aromatic carbocycles. The van der Waals surface area contributed by atoms with Crippen molar-refractivity contribution in [2.75, 3.05) is 0 Å². The number of allylic oxidation sites excluding steroid dienone is 1. The largest absolute Gasteiger partial charge is 0.512 e. The molecule has 3 N–H and O–H groups in total. The van der Waals surface area contributed by atoms with E-state index in [4.69, 9.17) is 15.3 Å². The summed E-state index contributed by atoms with van der Waals surface area (Å²) in [7, 11) is 0. The van der Waals surface area contributed by atoms with Gasteiger partial charge in [-0.05, 0) is 0 Å². The molecular weight excluding hydrogens is 166 g/mol. The first-order chi connectivity index (χ1) is 5.44. The summed E-state index contributed by atoms with van der Waals surface area (Å²) >= 11 is 0. The van der Waals surface area contributed by atoms with Crippen molar-refractivity contribution in [1.29, 1.82) is 0 Å². The van der Waals surface area contributed by atoms with Crippen LogP contribution < -0.4 is 0 Å². The van der Waals surface area contributed by atoms with Gasteiger partial charge in [-0.15, -0.1) is 0 Å². The zero-order valence-electron chi connectivity index (χ0n) is 5.97. The number of rotatable bonds is 1. The molecule has 66 valence electrons. The molecule has 6 heteroatoms. The summed E-state index contributed by atoms with van der Waals surface area (Å²) in [6, 6.07) is 0. The quantitative estimate of drug-likeness (QED) is 0.299. The van der Waals surface area contributed by atoms with Crippen LogP contribution in [-0.4, -0.2) is 26.0 Å². The van der Waals surface area contributed by atoms with Crippen molar-refractivity contribution in [3.05, 3.63) is 33.8 Å². The van der Waals surface area contributed by atoms with Gasteiger partial charge in [0.25, 0.3) is 0 Å². The summed E-state index contributed by atoms with van der Waals surface area (Å²) in [4.78, 5) is 9.25. The summed E-state index contributed by atoms with van der Waals surface area (Å²) in [5.41, 5.74) is -2.39. The van der Waals surface area contributed by atoms with E-state index in [1.807, 2.05) is 0 Å². The van der Waals surface area contributed by atoms with E-state index in [2.05, 4.69) is 0 Å². The number of hydrogen-bond donors (Lipinski definition) is 3. The Kier molecular flexibility index (Phi) is 1.77. The summed E-state index contributed by atoms with van der Waals surface area (Å²) in [5.74, 6) is -0.938. The molecule has 1 atom stereocenters. The number of nitro groups is 1. The summed E-state index contributed by atoms with van der Waals surface area (Å²) < 4.78 is 0. The number of nitrogens with zero attached hydrogens (tertiary/aromatic N) is 1. The highest BCUT2D eigenvalue weighted by atomic mass is 16.7. The van der Waals surface area contributed by atoms with Crippen LogP contribution in [0.3, 0.4) is 0 Å². The Morgan fingerprint density at radius 1 is 1.58 bits per heavy atom. The van der Waals surface area contributed by atoms with Gasteiger partial charge in [-0.3, -0.25) is 10.1 Å². The highest BCUT2D eigenvalue weighted by Gasteiger charge is 2.41. The molecule has 12 heavy (non-hydrogen) atoms. The molecule has 1 rings (SSSR count). The summed E-state index contributed by atoms with van der Waals surface area (Å²) in [6.45, 7) is 0. The fraction of sp³-hybridized carbons (Fsp3) is 0.333. The molecule has 0 aromatic rings. The average Bonchev–Trinajstić information content (AvgIpc) is 1.82. The first kappa shape index (κ1) is 8.54. The second-order valence-corrected chi connectivity index (χ2v) is 2.52. The Morgan fingerprint density at radius 3 is 2.58 bits per heavy atom. The highest BCUT2D eigenvalue weighted by molar-refractivity contribution is 5.23. The molecular formula is C6H7NO5. The SMILES string of the molecule is O=[N+]([O-])C1(O)C=C(O)C=C(O)C1. The Morgan fingerprint density at radius 2 is 2.17 bits per heavy atom. The van der Waals surface area contributed by atoms with E-state index < -0.39 is 28.6 Å². The second kappa shape index (κ2) is 2.49. The highest BCUT2D eigenvalue weighted by Crippen LogP contribution is 2.24. The lowest BCUT2D eigenvalue weighted by Gasteiger charge is -2.17. The van der Waals surface area contributed by atoms with Crippen LogP contribution in [0.25, 0.3) is 0 Å². The smallest absolute Gasteiger partial charge is 0.353 e. The minimum atomic E-state index is -2.39. The third-order valence-electron chi connectivity index (χ3n) is 1.45. The number of aliphatic hydroxyl groups is 3. The second-order valence-electron chi connectivity index (χ2n) is 2.52. The molecule has 1 unspecified atom stereocenters. The lowest BCUT2D eigenvalue weighted by atomic mass is 10.0. The fourth-order valence-electron chi connectivity index (χ4n) is 0.935. The van der Waals surface area contributed by atoms with Crippen LogP contribution in [0, 0.1) is 10.1 Å². The molecule has 0 aromatic heterocycles. The average molecular weight is 173 g/mol. The molecule has 0 radical (unpaired) electrons. The zero-order chi connectivity index (χ0) is 9.35. The normalized spacial score (nSPS) is 29.1. The van der Waals surface area contributed by atoms with E-state index in [0.717, 1.165) is 6.08 Å². The van der Waals surface area contributed by atoms with Crippen molar-refractivity contribution in [1.82, 2.24) is 0 Å². The van der Waals surface area contributed by atoms with Crippen LogP contribution in [-0.2, 0) is 0 Å². The van der Waals surface area contributed by atoms with Gasteiger partial charge >= 0.3 is 5.72 Å². The van der Waals surface area contributed by atoms with Gasteiger partial charge in [0.1, 0.15) is 17.9 Å². The van der Waals surface area contributed by atoms with Gasteiger partial charge in [-0.1, -0.05) is 0 Å². The van der Waals surface area contributed by atoms with E-state index in [-0.39, 0.29) is 0 Å². The first-order valence-electron chi connectivity index (χ1n) is 3.12. The standard InChI is InChI=1S/C6H7NO5/c8-4-1-5(9)3-6(10,2-4)7(11)12/h1-2,8-10H,3H2. The lowest BCUT2D eigenvalue weighted by Crippen LogP contribution is -2.38. The Bertz CT molecular complexity index is 282. The van der Waals surface area contributed by atoms with E-state index in [1.165, 1.54) is 0 Å². The minimum Gasteiger partial charge on any atom is -0.512 e. The van der Waals surface area contributed by atoms with E-state index in [9.17, 15) is 10.1 Å². The molecule has 0 aliphatic heterocycles. The maximum absolute atomic E-state index is 10.2. The van der Waals surface area contributed by atoms with Gasteiger partial charge in [0, 0.05) is 6.08 Å². The van der Waals surface area contributed by atoms with Crippen LogP contribution in [0.2, 0.25) is 0 Å². The molecule has 0 spiro atoms. The van der Waals surface area contributed by atoms with Crippen LogP contribution in [0.15, 0.2) is 23.7 Å². The third-order valence-corrected chi connectivity index (χ3v) is 1.45. The monoisotopic (exact) mass is 173 g/mol. The maximum Gasteiger partial charge on any atom is 0.353 e. The van der Waals surface area contributed by atoms with Gasteiger partial charge in [0.2, 0.25) is 0 Å². The van der Waals surface area contributed by atoms with E-state index in [0.29, 0.717) is 6.08 Å². The van der Waals surface area contributed by atoms with Gasteiger partial charge < -0.3 is 15.3 Å². The summed E-state index contributed by atoms with van der Waals surface area (Å²) in [5, 5.41) is 37.1. The van der Waals surface area contributed by atoms with Crippen molar-refractivity contribution in [3.8, 4) is 0 Å². The Labute approximate surface area is 67.2 Å². The number of hydrogen-bond acceptors (Lipinski definition) is 5. The van der Waals surface area contributed by atoms with Gasteiger partial charge in [-0.25, -0.2) is 0 Å². The molecule has 0 bridgehead atoms. The first-order valence-corrected chi connectivity index (χ1v) is 3.12. The van der Waals surface area contributed by atoms with E-state index in [1.54, 1.807) is 0 Å². The van der Waals surface area contributed by atoms with E-state index >= 15 is 0 Å². The van der Waals surface area contributed by atoms with Crippen molar-refractivity contribution in [3.63, 3.8) is 0 Å². The van der Waals surface area contributed by atoms with Gasteiger partial charge in [-0.2, -0.15) is 0 Å². The van der Waals surface area contributed by atoms with Crippen LogP contribution in [0.1, 0.15) is 6.42 Å². The molecule has 0 saturated heterocycles. The topological polar surface area (TPSA) is 104 Å². The fourth-order valence-corrected chi connectivity index (χ4v) is 0.935.